The zero-order valence-electron chi connectivity index (χ0n) is 16.0. The first-order chi connectivity index (χ1) is 13.3. The maximum absolute atomic E-state index is 13.3. The summed E-state index contributed by atoms with van der Waals surface area (Å²) in [5.41, 5.74) is 1.62. The Balaban J connectivity index is 1.81. The van der Waals surface area contributed by atoms with Crippen molar-refractivity contribution in [2.24, 2.45) is 0 Å². The second-order valence-corrected chi connectivity index (χ2v) is 6.90. The minimum atomic E-state index is -1.30. The molecule has 0 bridgehead atoms. The summed E-state index contributed by atoms with van der Waals surface area (Å²) in [5, 5.41) is 5.46. The molecular weight excluding hydrogens is 361 g/mol. The molecule has 0 spiro atoms. The van der Waals surface area contributed by atoms with E-state index in [-0.39, 0.29) is 6.42 Å². The zero-order valence-corrected chi connectivity index (χ0v) is 16.0. The quantitative estimate of drug-likeness (QED) is 0.778. The zero-order chi connectivity index (χ0) is 20.5. The third kappa shape index (κ3) is 3.35. The molecule has 0 aromatic heterocycles. The Hall–Kier alpha value is -3.22. The number of imide groups is 1. The molecule has 1 aliphatic heterocycles. The van der Waals surface area contributed by atoms with Crippen molar-refractivity contribution >= 4 is 23.5 Å². The molecule has 1 fully saturated rings. The lowest BCUT2D eigenvalue weighted by Crippen LogP contribution is -2.44. The van der Waals surface area contributed by atoms with Crippen LogP contribution in [0.3, 0.4) is 0 Å². The molecule has 6 nitrogen and oxygen atoms in total. The molecule has 146 valence electrons. The fourth-order valence-electron chi connectivity index (χ4n) is 3.48. The van der Waals surface area contributed by atoms with E-state index in [0.717, 1.165) is 16.0 Å². The Morgan fingerprint density at radius 3 is 2.29 bits per heavy atom. The highest BCUT2D eigenvalue weighted by molar-refractivity contribution is 6.10. The van der Waals surface area contributed by atoms with E-state index >= 15 is 0 Å². The minimum Gasteiger partial charge on any atom is -0.324 e. The summed E-state index contributed by atoms with van der Waals surface area (Å²) in [6, 6.07) is 10.4. The number of halogens is 1. The predicted molar refractivity (Wildman–Crippen MR) is 103 cm³/mol. The van der Waals surface area contributed by atoms with Crippen LogP contribution in [0.4, 0.5) is 14.9 Å². The number of nitrogens with zero attached hydrogens (tertiary/aromatic N) is 1. The molecule has 3 rings (SSSR count). The first-order valence-corrected chi connectivity index (χ1v) is 9.04. The highest BCUT2D eigenvalue weighted by Crippen LogP contribution is 2.32. The number of rotatable bonds is 5. The number of hydrogen-bond acceptors (Lipinski definition) is 3. The summed E-state index contributed by atoms with van der Waals surface area (Å²) in [6.45, 7) is 5.09. The van der Waals surface area contributed by atoms with Gasteiger partial charge in [-0.2, -0.15) is 0 Å². The topological polar surface area (TPSA) is 78.5 Å². The van der Waals surface area contributed by atoms with Crippen LogP contribution in [-0.4, -0.2) is 29.3 Å². The SMILES string of the molecule is CC[C@]1(c2ccc(F)cc2)NC(=O)N(CC(=O)Nc2c(C)cccc2C)C1=O. The lowest BCUT2D eigenvalue weighted by atomic mass is 9.87. The summed E-state index contributed by atoms with van der Waals surface area (Å²) in [5.74, 6) is -1.42. The van der Waals surface area contributed by atoms with E-state index in [9.17, 15) is 18.8 Å². The van der Waals surface area contributed by atoms with Crippen LogP contribution in [0.1, 0.15) is 30.0 Å². The molecule has 1 saturated heterocycles. The molecule has 28 heavy (non-hydrogen) atoms. The van der Waals surface area contributed by atoms with Crippen molar-refractivity contribution in [1.82, 2.24) is 10.2 Å². The highest BCUT2D eigenvalue weighted by Gasteiger charge is 2.51. The molecule has 2 aromatic rings. The predicted octanol–water partition coefficient (Wildman–Crippen LogP) is 3.24. The highest BCUT2D eigenvalue weighted by atomic mass is 19.1. The van der Waals surface area contributed by atoms with Gasteiger partial charge >= 0.3 is 6.03 Å². The van der Waals surface area contributed by atoms with Gasteiger partial charge < -0.3 is 10.6 Å². The second-order valence-electron chi connectivity index (χ2n) is 6.90. The van der Waals surface area contributed by atoms with Crippen molar-refractivity contribution in [3.63, 3.8) is 0 Å². The molecule has 7 heteroatoms. The average molecular weight is 383 g/mol. The number of carbonyl (C=O) groups is 3. The third-order valence-corrected chi connectivity index (χ3v) is 5.09. The number of urea groups is 1. The van der Waals surface area contributed by atoms with Crippen molar-refractivity contribution in [2.45, 2.75) is 32.7 Å². The van der Waals surface area contributed by atoms with Gasteiger partial charge in [0.05, 0.1) is 0 Å². The average Bonchev–Trinajstić information content (AvgIpc) is 2.90. The van der Waals surface area contributed by atoms with E-state index in [1.54, 1.807) is 6.92 Å². The van der Waals surface area contributed by atoms with Crippen molar-refractivity contribution in [3.8, 4) is 0 Å². The van der Waals surface area contributed by atoms with Crippen LogP contribution in [-0.2, 0) is 15.1 Å². The van der Waals surface area contributed by atoms with Gasteiger partial charge in [0.1, 0.15) is 17.9 Å². The van der Waals surface area contributed by atoms with Gasteiger partial charge in [0.25, 0.3) is 5.91 Å². The van der Waals surface area contributed by atoms with Crippen LogP contribution < -0.4 is 10.6 Å². The Morgan fingerprint density at radius 1 is 1.11 bits per heavy atom. The number of aryl methyl sites for hydroxylation is 2. The molecule has 1 aliphatic rings. The van der Waals surface area contributed by atoms with Crippen LogP contribution in [0.25, 0.3) is 0 Å². The molecule has 0 unspecified atom stereocenters. The minimum absolute atomic E-state index is 0.276. The second kappa shape index (κ2) is 7.42. The molecule has 1 heterocycles. The van der Waals surface area contributed by atoms with Crippen LogP contribution in [0.5, 0.6) is 0 Å². The van der Waals surface area contributed by atoms with E-state index in [4.69, 9.17) is 0 Å². The van der Waals surface area contributed by atoms with Crippen LogP contribution in [0.2, 0.25) is 0 Å². The molecule has 1 atom stereocenters. The number of nitrogens with one attached hydrogen (secondary N) is 2. The molecule has 2 aromatic carbocycles. The first-order valence-electron chi connectivity index (χ1n) is 9.04. The van der Waals surface area contributed by atoms with Gasteiger partial charge in [-0.25, -0.2) is 9.18 Å². The first kappa shape index (κ1) is 19.5. The number of para-hydroxylation sites is 1. The van der Waals surface area contributed by atoms with Crippen molar-refractivity contribution < 1.29 is 18.8 Å². The molecule has 0 saturated carbocycles. The molecular formula is C21H22FN3O3. The summed E-state index contributed by atoms with van der Waals surface area (Å²) in [4.78, 5) is 38.9. The van der Waals surface area contributed by atoms with Gasteiger partial charge in [-0.15, -0.1) is 0 Å². The van der Waals surface area contributed by atoms with Gasteiger partial charge in [0, 0.05) is 5.69 Å². The van der Waals surface area contributed by atoms with Gasteiger partial charge in [-0.05, 0) is 49.1 Å². The summed E-state index contributed by atoms with van der Waals surface area (Å²) >= 11 is 0. The summed E-state index contributed by atoms with van der Waals surface area (Å²) < 4.78 is 13.3. The van der Waals surface area contributed by atoms with Gasteiger partial charge in [0.15, 0.2) is 0 Å². The Kier molecular flexibility index (Phi) is 5.18. The lowest BCUT2D eigenvalue weighted by Gasteiger charge is -2.25. The summed E-state index contributed by atoms with van der Waals surface area (Å²) in [6.07, 6.45) is 0.276. The maximum Gasteiger partial charge on any atom is 0.325 e. The molecule has 4 amide bonds. The van der Waals surface area contributed by atoms with E-state index in [1.807, 2.05) is 32.0 Å². The molecule has 2 N–H and O–H groups in total. The Bertz CT molecular complexity index is 922. The van der Waals surface area contributed by atoms with E-state index in [0.29, 0.717) is 11.3 Å². The normalized spacial score (nSPS) is 18.9. The van der Waals surface area contributed by atoms with Crippen LogP contribution in [0, 0.1) is 19.7 Å². The number of anilines is 1. The van der Waals surface area contributed by atoms with E-state index < -0.39 is 35.7 Å². The third-order valence-electron chi connectivity index (χ3n) is 5.09. The van der Waals surface area contributed by atoms with Crippen molar-refractivity contribution in [2.75, 3.05) is 11.9 Å². The van der Waals surface area contributed by atoms with Crippen LogP contribution >= 0.6 is 0 Å². The summed E-state index contributed by atoms with van der Waals surface area (Å²) in [7, 11) is 0. The van der Waals surface area contributed by atoms with Crippen molar-refractivity contribution in [3.05, 3.63) is 65.0 Å². The fourth-order valence-corrected chi connectivity index (χ4v) is 3.48. The number of hydrogen-bond donors (Lipinski definition) is 2. The Labute approximate surface area is 162 Å². The van der Waals surface area contributed by atoms with Gasteiger partial charge in [-0.1, -0.05) is 37.3 Å². The van der Waals surface area contributed by atoms with E-state index in [2.05, 4.69) is 10.6 Å². The standard InChI is InChI=1S/C21H22FN3O3/c1-4-21(15-8-10-16(22)11-9-15)19(27)25(20(28)24-21)12-17(26)23-18-13(2)6-5-7-14(18)3/h5-11H,4,12H2,1-3H3,(H,23,26)(H,24,28)/t21-/m1/s1. The number of amides is 4. The monoisotopic (exact) mass is 383 g/mol. The van der Waals surface area contributed by atoms with Gasteiger partial charge in [0.2, 0.25) is 5.91 Å². The Morgan fingerprint density at radius 2 is 1.71 bits per heavy atom. The molecule has 0 aliphatic carbocycles. The van der Waals surface area contributed by atoms with E-state index in [1.165, 1.54) is 24.3 Å². The largest absolute Gasteiger partial charge is 0.325 e. The maximum atomic E-state index is 13.3. The number of benzene rings is 2. The molecule has 0 radical (unpaired) electrons. The lowest BCUT2D eigenvalue weighted by molar-refractivity contribution is -0.134. The van der Waals surface area contributed by atoms with Crippen LogP contribution in [0.15, 0.2) is 42.5 Å². The number of carbonyl (C=O) groups excluding carboxylic acids is 3. The smallest absolute Gasteiger partial charge is 0.324 e. The van der Waals surface area contributed by atoms with Crippen molar-refractivity contribution in [1.29, 1.82) is 0 Å². The fraction of sp³-hybridized carbons (Fsp3) is 0.286. The van der Waals surface area contributed by atoms with Gasteiger partial charge in [-0.3, -0.25) is 14.5 Å².